The SMILES string of the molecule is C[C@H](O)c1ccc(F)cc1OCCO. The van der Waals surface area contributed by atoms with Gasteiger partial charge in [0.15, 0.2) is 0 Å². The minimum atomic E-state index is -0.718. The van der Waals surface area contributed by atoms with Crippen LogP contribution >= 0.6 is 0 Å². The van der Waals surface area contributed by atoms with E-state index in [9.17, 15) is 9.50 Å². The van der Waals surface area contributed by atoms with E-state index in [1.165, 1.54) is 18.2 Å². The van der Waals surface area contributed by atoms with Crippen molar-refractivity contribution in [1.82, 2.24) is 0 Å². The average Bonchev–Trinajstić information content (AvgIpc) is 2.14. The minimum Gasteiger partial charge on any atom is -0.491 e. The molecule has 0 aromatic heterocycles. The number of hydrogen-bond acceptors (Lipinski definition) is 3. The number of aliphatic hydroxyl groups excluding tert-OH is 2. The molecule has 0 bridgehead atoms. The molecule has 0 heterocycles. The second-order valence-corrected chi connectivity index (χ2v) is 2.93. The molecule has 0 aliphatic rings. The number of benzene rings is 1. The Morgan fingerprint density at radius 1 is 1.50 bits per heavy atom. The van der Waals surface area contributed by atoms with E-state index in [4.69, 9.17) is 9.84 Å². The van der Waals surface area contributed by atoms with Crippen molar-refractivity contribution in [3.05, 3.63) is 29.6 Å². The highest BCUT2D eigenvalue weighted by Crippen LogP contribution is 2.25. The standard InChI is InChI=1S/C10H13FO3/c1-7(13)9-3-2-8(11)6-10(9)14-5-4-12/h2-3,6-7,12-13H,4-5H2,1H3/t7-/m0/s1. The fourth-order valence-corrected chi connectivity index (χ4v) is 1.13. The maximum Gasteiger partial charge on any atom is 0.128 e. The van der Waals surface area contributed by atoms with E-state index in [0.717, 1.165) is 0 Å². The van der Waals surface area contributed by atoms with Crippen LogP contribution in [0.3, 0.4) is 0 Å². The molecule has 0 amide bonds. The summed E-state index contributed by atoms with van der Waals surface area (Å²) < 4.78 is 17.9. The van der Waals surface area contributed by atoms with Crippen molar-refractivity contribution in [2.75, 3.05) is 13.2 Å². The Kier molecular flexibility index (Phi) is 3.85. The summed E-state index contributed by atoms with van der Waals surface area (Å²) in [6.45, 7) is 1.51. The third kappa shape index (κ3) is 2.68. The van der Waals surface area contributed by atoms with Gasteiger partial charge in [-0.2, -0.15) is 0 Å². The lowest BCUT2D eigenvalue weighted by Crippen LogP contribution is -2.05. The lowest BCUT2D eigenvalue weighted by molar-refractivity contribution is 0.176. The van der Waals surface area contributed by atoms with Crippen LogP contribution < -0.4 is 4.74 Å². The fourth-order valence-electron chi connectivity index (χ4n) is 1.13. The summed E-state index contributed by atoms with van der Waals surface area (Å²) in [4.78, 5) is 0. The predicted octanol–water partition coefficient (Wildman–Crippen LogP) is 1.25. The molecule has 0 saturated carbocycles. The molecule has 0 fully saturated rings. The first-order chi connectivity index (χ1) is 6.65. The number of rotatable bonds is 4. The summed E-state index contributed by atoms with van der Waals surface area (Å²) >= 11 is 0. The van der Waals surface area contributed by atoms with Crippen LogP contribution in [0.5, 0.6) is 5.75 Å². The smallest absolute Gasteiger partial charge is 0.128 e. The van der Waals surface area contributed by atoms with Gasteiger partial charge in [-0.3, -0.25) is 0 Å². The average molecular weight is 200 g/mol. The van der Waals surface area contributed by atoms with Gasteiger partial charge in [0.05, 0.1) is 12.7 Å². The molecule has 1 atom stereocenters. The van der Waals surface area contributed by atoms with Crippen molar-refractivity contribution in [3.63, 3.8) is 0 Å². The minimum absolute atomic E-state index is 0.0865. The number of hydrogen-bond donors (Lipinski definition) is 2. The molecule has 3 nitrogen and oxygen atoms in total. The van der Waals surface area contributed by atoms with Crippen molar-refractivity contribution < 1.29 is 19.3 Å². The highest BCUT2D eigenvalue weighted by atomic mass is 19.1. The van der Waals surface area contributed by atoms with Crippen LogP contribution in [0.4, 0.5) is 4.39 Å². The molecule has 0 saturated heterocycles. The van der Waals surface area contributed by atoms with Crippen molar-refractivity contribution in [2.45, 2.75) is 13.0 Å². The van der Waals surface area contributed by atoms with Crippen LogP contribution in [0.2, 0.25) is 0 Å². The molecule has 0 aliphatic carbocycles. The van der Waals surface area contributed by atoms with Crippen molar-refractivity contribution in [2.24, 2.45) is 0 Å². The van der Waals surface area contributed by atoms with Gasteiger partial charge < -0.3 is 14.9 Å². The first kappa shape index (κ1) is 10.9. The van der Waals surface area contributed by atoms with Gasteiger partial charge in [-0.25, -0.2) is 4.39 Å². The fraction of sp³-hybridized carbons (Fsp3) is 0.400. The Balaban J connectivity index is 2.91. The van der Waals surface area contributed by atoms with Gasteiger partial charge >= 0.3 is 0 Å². The first-order valence-electron chi connectivity index (χ1n) is 4.36. The summed E-state index contributed by atoms with van der Waals surface area (Å²) in [5, 5.41) is 17.9. The molecule has 0 aliphatic heterocycles. The zero-order valence-electron chi connectivity index (χ0n) is 7.90. The van der Waals surface area contributed by atoms with Crippen molar-refractivity contribution in [3.8, 4) is 5.75 Å². The van der Waals surface area contributed by atoms with Crippen LogP contribution in [0, 0.1) is 5.82 Å². The van der Waals surface area contributed by atoms with Crippen LogP contribution in [0.25, 0.3) is 0 Å². The summed E-state index contributed by atoms with van der Waals surface area (Å²) in [6, 6.07) is 3.91. The molecule has 2 N–H and O–H groups in total. The summed E-state index contributed by atoms with van der Waals surface area (Å²) in [5.41, 5.74) is 0.514. The second kappa shape index (κ2) is 4.93. The molecule has 14 heavy (non-hydrogen) atoms. The van der Waals surface area contributed by atoms with Gasteiger partial charge in [-0.15, -0.1) is 0 Å². The lowest BCUT2D eigenvalue weighted by atomic mass is 10.1. The lowest BCUT2D eigenvalue weighted by Gasteiger charge is -2.12. The molecule has 1 rings (SSSR count). The predicted molar refractivity (Wildman–Crippen MR) is 49.6 cm³/mol. The highest BCUT2D eigenvalue weighted by Gasteiger charge is 2.09. The van der Waals surface area contributed by atoms with Gasteiger partial charge in [0.2, 0.25) is 0 Å². The van der Waals surface area contributed by atoms with Crippen molar-refractivity contribution in [1.29, 1.82) is 0 Å². The second-order valence-electron chi connectivity index (χ2n) is 2.93. The Bertz CT molecular complexity index is 299. The highest BCUT2D eigenvalue weighted by molar-refractivity contribution is 5.35. The molecule has 1 aromatic carbocycles. The van der Waals surface area contributed by atoms with Gasteiger partial charge in [-0.1, -0.05) is 0 Å². The van der Waals surface area contributed by atoms with Crippen molar-refractivity contribution >= 4 is 0 Å². The quantitative estimate of drug-likeness (QED) is 0.769. The summed E-state index contributed by atoms with van der Waals surface area (Å²) in [6.07, 6.45) is -0.718. The summed E-state index contributed by atoms with van der Waals surface area (Å²) in [7, 11) is 0. The van der Waals surface area contributed by atoms with E-state index in [1.807, 2.05) is 0 Å². The van der Waals surface area contributed by atoms with E-state index < -0.39 is 11.9 Å². The third-order valence-electron chi connectivity index (χ3n) is 1.77. The van der Waals surface area contributed by atoms with Gasteiger partial charge in [0, 0.05) is 11.6 Å². The third-order valence-corrected chi connectivity index (χ3v) is 1.77. The van der Waals surface area contributed by atoms with E-state index in [0.29, 0.717) is 5.56 Å². The number of halogens is 1. The Hall–Kier alpha value is -1.13. The van der Waals surface area contributed by atoms with E-state index in [-0.39, 0.29) is 19.0 Å². The maximum absolute atomic E-state index is 12.8. The Morgan fingerprint density at radius 2 is 2.21 bits per heavy atom. The molecule has 1 aromatic rings. The first-order valence-corrected chi connectivity index (χ1v) is 4.36. The molecule has 78 valence electrons. The van der Waals surface area contributed by atoms with Crippen LogP contribution in [-0.2, 0) is 0 Å². The van der Waals surface area contributed by atoms with E-state index in [1.54, 1.807) is 6.92 Å². The molecule has 0 unspecified atom stereocenters. The zero-order chi connectivity index (χ0) is 10.6. The van der Waals surface area contributed by atoms with Crippen LogP contribution in [0.1, 0.15) is 18.6 Å². The van der Waals surface area contributed by atoms with E-state index in [2.05, 4.69) is 0 Å². The normalized spacial score (nSPS) is 12.6. The molecule has 4 heteroatoms. The van der Waals surface area contributed by atoms with Crippen LogP contribution in [-0.4, -0.2) is 23.4 Å². The van der Waals surface area contributed by atoms with Gasteiger partial charge in [-0.05, 0) is 19.1 Å². The molecule has 0 radical (unpaired) electrons. The molecular weight excluding hydrogens is 187 g/mol. The maximum atomic E-state index is 12.8. The van der Waals surface area contributed by atoms with Gasteiger partial charge in [0.25, 0.3) is 0 Å². The van der Waals surface area contributed by atoms with E-state index >= 15 is 0 Å². The monoisotopic (exact) mass is 200 g/mol. The van der Waals surface area contributed by atoms with Gasteiger partial charge in [0.1, 0.15) is 18.2 Å². The Labute approximate surface area is 81.8 Å². The summed E-state index contributed by atoms with van der Waals surface area (Å²) in [5.74, 6) is -0.156. The molecular formula is C10H13FO3. The number of ether oxygens (including phenoxy) is 1. The Morgan fingerprint density at radius 3 is 2.79 bits per heavy atom. The largest absolute Gasteiger partial charge is 0.491 e. The molecule has 0 spiro atoms. The topological polar surface area (TPSA) is 49.7 Å². The van der Waals surface area contributed by atoms with Crippen LogP contribution in [0.15, 0.2) is 18.2 Å². The zero-order valence-corrected chi connectivity index (χ0v) is 7.90. The number of aliphatic hydroxyl groups is 2.